The molecule has 0 aliphatic rings. The molecule has 0 aromatic carbocycles. The minimum atomic E-state index is -0.310. The van der Waals surface area contributed by atoms with E-state index >= 15 is 0 Å². The molecular weight excluding hydrogens is 196 g/mol. The summed E-state index contributed by atoms with van der Waals surface area (Å²) in [5, 5.41) is 15.9. The molecule has 2 unspecified atom stereocenters. The molecular formula is C6H16CuN2O2. The Morgan fingerprint density at radius 1 is 1.00 bits per heavy atom. The van der Waals surface area contributed by atoms with Crippen molar-refractivity contribution in [3.05, 3.63) is 11.5 Å². The molecule has 5 heteroatoms. The van der Waals surface area contributed by atoms with Crippen LogP contribution in [0.3, 0.4) is 0 Å². The van der Waals surface area contributed by atoms with E-state index in [1.165, 1.54) is 0 Å². The van der Waals surface area contributed by atoms with Crippen molar-refractivity contribution in [3.8, 4) is 0 Å². The normalized spacial score (nSPS) is 13.6. The number of aliphatic hydroxyl groups excluding tert-OH is 2. The molecule has 0 aromatic rings. The largest absolute Gasteiger partial charge is 2.00 e. The number of aliphatic hydroxyl groups is 2. The molecule has 0 aromatic heterocycles. The second-order valence-corrected chi connectivity index (χ2v) is 2.17. The average Bonchev–Trinajstić information content (AvgIpc) is 1.89. The quantitative estimate of drug-likeness (QED) is 0.663. The van der Waals surface area contributed by atoms with Gasteiger partial charge in [-0.1, -0.05) is 13.8 Å². The van der Waals surface area contributed by atoms with E-state index in [0.717, 1.165) is 0 Å². The van der Waals surface area contributed by atoms with Crippen LogP contribution in [-0.4, -0.2) is 35.5 Å². The number of hydrogen-bond acceptors (Lipinski definition) is 2. The van der Waals surface area contributed by atoms with E-state index in [1.807, 2.05) is 0 Å². The minimum Gasteiger partial charge on any atom is -0.673 e. The zero-order valence-electron chi connectivity index (χ0n) is 6.76. The fourth-order valence-corrected chi connectivity index (χ4v) is 0. The van der Waals surface area contributed by atoms with E-state index < -0.39 is 0 Å². The summed E-state index contributed by atoms with van der Waals surface area (Å²) in [5.74, 6) is 0. The molecule has 0 amide bonds. The van der Waals surface area contributed by atoms with Crippen LogP contribution >= 0.6 is 0 Å². The predicted molar refractivity (Wildman–Crippen MR) is 41.7 cm³/mol. The van der Waals surface area contributed by atoms with Crippen LogP contribution in [0.2, 0.25) is 0 Å². The molecule has 11 heavy (non-hydrogen) atoms. The molecule has 0 heterocycles. The summed E-state index contributed by atoms with van der Waals surface area (Å²) < 4.78 is 0. The Bertz CT molecular complexity index is 54.5. The third-order valence-corrected chi connectivity index (χ3v) is 0.548. The van der Waals surface area contributed by atoms with Gasteiger partial charge in [0, 0.05) is 13.2 Å². The maximum absolute atomic E-state index is 7.96. The predicted octanol–water partition coefficient (Wildman–Crippen LogP) is 0.836. The first-order chi connectivity index (χ1) is 4.54. The summed E-state index contributed by atoms with van der Waals surface area (Å²) in [6, 6.07) is -0.620. The minimum absolute atomic E-state index is 0. The summed E-state index contributed by atoms with van der Waals surface area (Å²) in [4.78, 5) is 0. The number of nitrogens with one attached hydrogen (secondary N) is 2. The van der Waals surface area contributed by atoms with E-state index in [1.54, 1.807) is 13.8 Å². The van der Waals surface area contributed by atoms with Crippen LogP contribution in [0, 0.1) is 0 Å². The zero-order valence-corrected chi connectivity index (χ0v) is 7.71. The standard InChI is InChI=1S/2C3H8NO.Cu/c2*1-3(4)2-5;/h2*3-5H,2H2,1H3;/q2*-1;+2. The van der Waals surface area contributed by atoms with Gasteiger partial charge < -0.3 is 21.7 Å². The van der Waals surface area contributed by atoms with Crippen LogP contribution in [0.5, 0.6) is 0 Å². The van der Waals surface area contributed by atoms with E-state index in [2.05, 4.69) is 0 Å². The van der Waals surface area contributed by atoms with Crippen molar-refractivity contribution in [2.75, 3.05) is 13.2 Å². The van der Waals surface area contributed by atoms with Gasteiger partial charge >= 0.3 is 17.1 Å². The van der Waals surface area contributed by atoms with Crippen LogP contribution in [0.1, 0.15) is 13.8 Å². The molecule has 4 N–H and O–H groups in total. The van der Waals surface area contributed by atoms with Crippen molar-refractivity contribution in [2.24, 2.45) is 0 Å². The van der Waals surface area contributed by atoms with Crippen LogP contribution in [0.4, 0.5) is 0 Å². The molecule has 0 bridgehead atoms. The number of hydrogen-bond donors (Lipinski definition) is 2. The Labute approximate surface area is 78.4 Å². The smallest absolute Gasteiger partial charge is 0.673 e. The first kappa shape index (κ1) is 17.4. The van der Waals surface area contributed by atoms with E-state index in [4.69, 9.17) is 21.7 Å². The van der Waals surface area contributed by atoms with Gasteiger partial charge in [-0.2, -0.15) is 0 Å². The van der Waals surface area contributed by atoms with Crippen molar-refractivity contribution >= 4 is 0 Å². The molecule has 0 rings (SSSR count). The summed E-state index contributed by atoms with van der Waals surface area (Å²) in [7, 11) is 0. The Morgan fingerprint density at radius 3 is 1.09 bits per heavy atom. The molecule has 2 atom stereocenters. The topological polar surface area (TPSA) is 88.1 Å². The molecule has 1 radical (unpaired) electrons. The summed E-state index contributed by atoms with van der Waals surface area (Å²) in [5.41, 5.74) is 13.2. The van der Waals surface area contributed by atoms with E-state index in [-0.39, 0.29) is 42.4 Å². The van der Waals surface area contributed by atoms with Crippen LogP contribution in [0.15, 0.2) is 0 Å². The van der Waals surface area contributed by atoms with Gasteiger partial charge in [0.05, 0.1) is 0 Å². The number of rotatable bonds is 2. The summed E-state index contributed by atoms with van der Waals surface area (Å²) in [6.07, 6.45) is 0. The zero-order chi connectivity index (χ0) is 8.57. The van der Waals surface area contributed by atoms with Gasteiger partial charge in [-0.25, -0.2) is 0 Å². The van der Waals surface area contributed by atoms with Crippen LogP contribution in [0.25, 0.3) is 11.5 Å². The third-order valence-electron chi connectivity index (χ3n) is 0.548. The summed E-state index contributed by atoms with van der Waals surface area (Å²) >= 11 is 0. The molecule has 0 saturated carbocycles. The van der Waals surface area contributed by atoms with Crippen molar-refractivity contribution in [1.29, 1.82) is 0 Å². The van der Waals surface area contributed by atoms with Gasteiger partial charge in [0.1, 0.15) is 0 Å². The van der Waals surface area contributed by atoms with Gasteiger partial charge in [0.2, 0.25) is 0 Å². The van der Waals surface area contributed by atoms with E-state index in [0.29, 0.717) is 0 Å². The van der Waals surface area contributed by atoms with Gasteiger partial charge in [0.25, 0.3) is 0 Å². The van der Waals surface area contributed by atoms with Crippen LogP contribution in [-0.2, 0) is 17.1 Å². The molecule has 0 aliphatic heterocycles. The molecule has 4 nitrogen and oxygen atoms in total. The van der Waals surface area contributed by atoms with Gasteiger partial charge in [-0.05, 0) is 0 Å². The molecule has 0 aliphatic carbocycles. The molecule has 0 spiro atoms. The van der Waals surface area contributed by atoms with Crippen molar-refractivity contribution in [1.82, 2.24) is 0 Å². The van der Waals surface area contributed by atoms with Gasteiger partial charge in [-0.15, -0.1) is 12.1 Å². The third kappa shape index (κ3) is 38.1. The summed E-state index contributed by atoms with van der Waals surface area (Å²) in [6.45, 7) is 3.22. The van der Waals surface area contributed by atoms with Crippen molar-refractivity contribution < 1.29 is 27.3 Å². The molecule has 0 fully saturated rings. The van der Waals surface area contributed by atoms with Crippen molar-refractivity contribution in [3.63, 3.8) is 0 Å². The second kappa shape index (κ2) is 13.0. The molecule has 0 saturated heterocycles. The molecule has 73 valence electrons. The fraction of sp³-hybridized carbons (Fsp3) is 1.00. The SMILES string of the molecule is CC([NH-])CO.CC([NH-])CO.[Cu+2]. The maximum atomic E-state index is 7.96. The second-order valence-electron chi connectivity index (χ2n) is 2.17. The average molecular weight is 212 g/mol. The Hall–Kier alpha value is 0.359. The van der Waals surface area contributed by atoms with Crippen LogP contribution < -0.4 is 0 Å². The van der Waals surface area contributed by atoms with E-state index in [9.17, 15) is 0 Å². The monoisotopic (exact) mass is 211 g/mol. The Morgan fingerprint density at radius 2 is 1.09 bits per heavy atom. The first-order valence-electron chi connectivity index (χ1n) is 3.18. The van der Waals surface area contributed by atoms with Gasteiger partial charge in [0.15, 0.2) is 0 Å². The first-order valence-corrected chi connectivity index (χ1v) is 3.18. The fourth-order valence-electron chi connectivity index (χ4n) is 0. The van der Waals surface area contributed by atoms with Gasteiger partial charge in [-0.3, -0.25) is 0 Å². The van der Waals surface area contributed by atoms with Crippen molar-refractivity contribution in [2.45, 2.75) is 25.9 Å². The Kier molecular flexibility index (Phi) is 20.6. The Balaban J connectivity index is -0.000000107. The maximum Gasteiger partial charge on any atom is 2.00 e.